The highest BCUT2D eigenvalue weighted by Crippen LogP contribution is 2.29. The third-order valence-corrected chi connectivity index (χ3v) is 5.22. The van der Waals surface area contributed by atoms with Gasteiger partial charge in [-0.25, -0.2) is 9.37 Å². The fourth-order valence-electron chi connectivity index (χ4n) is 3.29. The van der Waals surface area contributed by atoms with E-state index in [2.05, 4.69) is 15.2 Å². The normalized spacial score (nSPS) is 27.2. The van der Waals surface area contributed by atoms with Gasteiger partial charge in [-0.1, -0.05) is 0 Å². The zero-order valence-electron chi connectivity index (χ0n) is 10.6. The maximum atomic E-state index is 13.2. The molecule has 2 saturated heterocycles. The number of rotatable bonds is 2. The number of thiazole rings is 1. The lowest BCUT2D eigenvalue weighted by molar-refractivity contribution is 0.305. The first-order valence-electron chi connectivity index (χ1n) is 6.76. The van der Waals surface area contributed by atoms with Crippen molar-refractivity contribution in [2.45, 2.75) is 6.54 Å². The summed E-state index contributed by atoms with van der Waals surface area (Å²) in [4.78, 5) is 7.10. The largest absolute Gasteiger partial charge is 0.316 e. The van der Waals surface area contributed by atoms with E-state index in [0.29, 0.717) is 0 Å². The summed E-state index contributed by atoms with van der Waals surface area (Å²) in [7, 11) is 0. The number of benzene rings is 1. The molecule has 2 aliphatic rings. The zero-order valence-corrected chi connectivity index (χ0v) is 11.4. The number of nitrogens with zero attached hydrogens (tertiary/aromatic N) is 2. The van der Waals surface area contributed by atoms with E-state index in [1.165, 1.54) is 19.2 Å². The van der Waals surface area contributed by atoms with Crippen LogP contribution in [0.15, 0.2) is 18.2 Å². The van der Waals surface area contributed by atoms with Gasteiger partial charge in [-0.3, -0.25) is 4.90 Å². The maximum Gasteiger partial charge on any atom is 0.124 e. The van der Waals surface area contributed by atoms with Gasteiger partial charge in [0.1, 0.15) is 10.8 Å². The van der Waals surface area contributed by atoms with Gasteiger partial charge in [0.05, 0.1) is 16.8 Å². The molecule has 0 aliphatic carbocycles. The Morgan fingerprint density at radius 2 is 2.11 bits per heavy atom. The van der Waals surface area contributed by atoms with Crippen LogP contribution in [0, 0.1) is 17.7 Å². The number of likely N-dealkylation sites (tertiary alicyclic amines) is 1. The van der Waals surface area contributed by atoms with Crippen molar-refractivity contribution in [2.24, 2.45) is 11.8 Å². The zero-order chi connectivity index (χ0) is 12.8. The maximum absolute atomic E-state index is 13.2. The van der Waals surface area contributed by atoms with Gasteiger partial charge >= 0.3 is 0 Å². The number of fused-ring (bicyclic) bond motifs is 2. The molecule has 1 aromatic heterocycles. The Hall–Kier alpha value is -1.04. The molecular weight excluding hydrogens is 261 g/mol. The van der Waals surface area contributed by atoms with Crippen LogP contribution in [0.5, 0.6) is 0 Å². The molecule has 2 atom stereocenters. The molecule has 0 saturated carbocycles. The summed E-state index contributed by atoms with van der Waals surface area (Å²) in [5, 5.41) is 4.56. The van der Waals surface area contributed by atoms with Crippen LogP contribution in [0.4, 0.5) is 4.39 Å². The molecule has 19 heavy (non-hydrogen) atoms. The van der Waals surface area contributed by atoms with Gasteiger partial charge in [-0.05, 0) is 43.1 Å². The molecule has 0 bridgehead atoms. The molecule has 1 N–H and O–H groups in total. The van der Waals surface area contributed by atoms with Crippen LogP contribution in [-0.2, 0) is 6.54 Å². The fourth-order valence-corrected chi connectivity index (χ4v) is 4.32. The summed E-state index contributed by atoms with van der Waals surface area (Å²) in [5.41, 5.74) is 0.919. The highest BCUT2D eigenvalue weighted by Gasteiger charge is 2.36. The molecule has 3 nitrogen and oxygen atoms in total. The van der Waals surface area contributed by atoms with Crippen molar-refractivity contribution in [3.05, 3.63) is 29.0 Å². The number of aromatic nitrogens is 1. The second-order valence-electron chi connectivity index (χ2n) is 5.59. The number of halogens is 1. The average molecular weight is 277 g/mol. The lowest BCUT2D eigenvalue weighted by Crippen LogP contribution is -2.25. The minimum Gasteiger partial charge on any atom is -0.316 e. The summed E-state index contributed by atoms with van der Waals surface area (Å²) >= 11 is 1.62. The molecule has 0 radical (unpaired) electrons. The molecule has 0 amide bonds. The summed E-state index contributed by atoms with van der Waals surface area (Å²) in [6, 6.07) is 4.84. The van der Waals surface area contributed by atoms with Gasteiger partial charge < -0.3 is 5.32 Å². The van der Waals surface area contributed by atoms with E-state index in [-0.39, 0.29) is 5.82 Å². The van der Waals surface area contributed by atoms with E-state index in [0.717, 1.165) is 46.7 Å². The molecular formula is C14H16FN3S. The SMILES string of the molecule is Fc1ccc2nc(CN3C[C@H]4CNC[C@H]4C3)sc2c1. The van der Waals surface area contributed by atoms with E-state index in [1.807, 2.05) is 0 Å². The van der Waals surface area contributed by atoms with Gasteiger partial charge in [0.2, 0.25) is 0 Å². The number of hydrogen-bond donors (Lipinski definition) is 1. The molecule has 0 spiro atoms. The summed E-state index contributed by atoms with van der Waals surface area (Å²) in [6.45, 7) is 5.57. The second kappa shape index (κ2) is 4.51. The topological polar surface area (TPSA) is 28.2 Å². The second-order valence-corrected chi connectivity index (χ2v) is 6.71. The predicted molar refractivity (Wildman–Crippen MR) is 74.7 cm³/mol. The van der Waals surface area contributed by atoms with E-state index >= 15 is 0 Å². The van der Waals surface area contributed by atoms with Crippen LogP contribution in [0.1, 0.15) is 5.01 Å². The number of hydrogen-bond acceptors (Lipinski definition) is 4. The van der Waals surface area contributed by atoms with Gasteiger partial charge in [-0.2, -0.15) is 0 Å². The van der Waals surface area contributed by atoms with Crippen molar-refractivity contribution in [3.8, 4) is 0 Å². The van der Waals surface area contributed by atoms with Gasteiger partial charge in [0.15, 0.2) is 0 Å². The molecule has 3 heterocycles. The Morgan fingerprint density at radius 3 is 2.89 bits per heavy atom. The molecule has 2 aliphatic heterocycles. The van der Waals surface area contributed by atoms with Crippen molar-refractivity contribution in [2.75, 3.05) is 26.2 Å². The van der Waals surface area contributed by atoms with E-state index in [4.69, 9.17) is 0 Å². The first-order valence-corrected chi connectivity index (χ1v) is 7.57. The van der Waals surface area contributed by atoms with Gasteiger partial charge in [0.25, 0.3) is 0 Å². The Labute approximate surface area is 115 Å². The minimum absolute atomic E-state index is 0.176. The van der Waals surface area contributed by atoms with Crippen LogP contribution >= 0.6 is 11.3 Å². The third-order valence-electron chi connectivity index (χ3n) is 4.22. The van der Waals surface area contributed by atoms with Crippen molar-refractivity contribution in [1.82, 2.24) is 15.2 Å². The Bertz CT molecular complexity index is 600. The standard InChI is InChI=1S/C14H16FN3S/c15-11-1-2-12-13(3-11)19-14(17-12)8-18-6-9-4-16-5-10(9)7-18/h1-3,9-10,16H,4-8H2/t9-,10+. The summed E-state index contributed by atoms with van der Waals surface area (Å²) in [6.07, 6.45) is 0. The third kappa shape index (κ3) is 2.16. The van der Waals surface area contributed by atoms with Crippen LogP contribution in [0.25, 0.3) is 10.2 Å². The summed E-state index contributed by atoms with van der Waals surface area (Å²) < 4.78 is 14.1. The van der Waals surface area contributed by atoms with Crippen LogP contribution < -0.4 is 5.32 Å². The van der Waals surface area contributed by atoms with Crippen LogP contribution in [0.2, 0.25) is 0 Å². The van der Waals surface area contributed by atoms with Crippen molar-refractivity contribution < 1.29 is 4.39 Å². The van der Waals surface area contributed by atoms with Crippen LogP contribution in [0.3, 0.4) is 0 Å². The molecule has 4 rings (SSSR count). The Morgan fingerprint density at radius 1 is 1.32 bits per heavy atom. The number of nitrogens with one attached hydrogen (secondary N) is 1. The monoisotopic (exact) mass is 277 g/mol. The fraction of sp³-hybridized carbons (Fsp3) is 0.500. The van der Waals surface area contributed by atoms with Crippen LogP contribution in [-0.4, -0.2) is 36.1 Å². The molecule has 2 fully saturated rings. The molecule has 5 heteroatoms. The Balaban J connectivity index is 1.52. The van der Waals surface area contributed by atoms with Crippen molar-refractivity contribution in [3.63, 3.8) is 0 Å². The van der Waals surface area contributed by atoms with Gasteiger partial charge in [0, 0.05) is 13.1 Å². The van der Waals surface area contributed by atoms with E-state index in [9.17, 15) is 4.39 Å². The van der Waals surface area contributed by atoms with Crippen molar-refractivity contribution in [1.29, 1.82) is 0 Å². The molecule has 2 aromatic rings. The molecule has 100 valence electrons. The average Bonchev–Trinajstić information content (AvgIpc) is 3.01. The van der Waals surface area contributed by atoms with E-state index < -0.39 is 0 Å². The van der Waals surface area contributed by atoms with Crippen molar-refractivity contribution >= 4 is 21.6 Å². The molecule has 0 unspecified atom stereocenters. The van der Waals surface area contributed by atoms with Gasteiger partial charge in [-0.15, -0.1) is 11.3 Å². The molecule has 1 aromatic carbocycles. The lowest BCUT2D eigenvalue weighted by Gasteiger charge is -2.14. The first-order chi connectivity index (χ1) is 9.28. The quantitative estimate of drug-likeness (QED) is 0.911. The lowest BCUT2D eigenvalue weighted by atomic mass is 10.0. The highest BCUT2D eigenvalue weighted by molar-refractivity contribution is 7.18. The minimum atomic E-state index is -0.176. The predicted octanol–water partition coefficient (Wildman–Crippen LogP) is 2.09. The highest BCUT2D eigenvalue weighted by atomic mass is 32.1. The Kier molecular flexibility index (Phi) is 2.79. The van der Waals surface area contributed by atoms with E-state index in [1.54, 1.807) is 23.5 Å². The smallest absolute Gasteiger partial charge is 0.124 e. The first kappa shape index (κ1) is 11.8. The summed E-state index contributed by atoms with van der Waals surface area (Å²) in [5.74, 6) is 1.45.